The molecule has 0 bridgehead atoms. The molecular weight excluding hydrogens is 197 g/mol. The highest BCUT2D eigenvalue weighted by Crippen LogP contribution is 2.17. The van der Waals surface area contributed by atoms with Crippen molar-refractivity contribution >= 4 is 21.0 Å². The van der Waals surface area contributed by atoms with Gasteiger partial charge in [0.25, 0.3) is 0 Å². The van der Waals surface area contributed by atoms with Gasteiger partial charge in [-0.2, -0.15) is 0 Å². The summed E-state index contributed by atoms with van der Waals surface area (Å²) in [4.78, 5) is 11.4. The fourth-order valence-electron chi connectivity index (χ4n) is 1.39. The van der Waals surface area contributed by atoms with Gasteiger partial charge in [0.2, 0.25) is 0 Å². The number of carbonyl (C=O) groups is 1. The Labute approximate surface area is 83.7 Å². The van der Waals surface area contributed by atoms with Crippen LogP contribution in [0.3, 0.4) is 0 Å². The van der Waals surface area contributed by atoms with Crippen molar-refractivity contribution in [2.75, 3.05) is 0 Å². The largest absolute Gasteiger partial charge is 0.383 e. The Hall–Kier alpha value is -1.47. The van der Waals surface area contributed by atoms with Crippen LogP contribution in [-0.4, -0.2) is 11.5 Å². The third kappa shape index (κ3) is 1.47. The molecule has 70 valence electrons. The molecule has 0 aromatic heterocycles. The van der Waals surface area contributed by atoms with Crippen molar-refractivity contribution in [1.82, 2.24) is 0 Å². The van der Waals surface area contributed by atoms with Gasteiger partial charge in [-0.3, -0.25) is 4.79 Å². The number of allylic oxidation sites excluding steroid dienone is 2. The van der Waals surface area contributed by atoms with E-state index in [-0.39, 0.29) is 5.78 Å². The van der Waals surface area contributed by atoms with Gasteiger partial charge in [-0.15, -0.1) is 0 Å². The third-order valence-electron chi connectivity index (χ3n) is 2.01. The van der Waals surface area contributed by atoms with Crippen LogP contribution in [0, 0.1) is 0 Å². The molecule has 0 heterocycles. The standard InChI is InChI=1S/C10H8NO2P/c12-10-6-5-9(11-13-14)7-3-1-2-4-8(7)10/h1-6H,14H2. The van der Waals surface area contributed by atoms with Crippen LogP contribution in [0.2, 0.25) is 0 Å². The predicted molar refractivity (Wildman–Crippen MR) is 57.2 cm³/mol. The monoisotopic (exact) mass is 205 g/mol. The van der Waals surface area contributed by atoms with Crippen LogP contribution in [0.5, 0.6) is 0 Å². The van der Waals surface area contributed by atoms with E-state index in [2.05, 4.69) is 9.78 Å². The molecule has 0 N–H and O–H groups in total. The van der Waals surface area contributed by atoms with E-state index in [1.54, 1.807) is 12.1 Å². The van der Waals surface area contributed by atoms with Gasteiger partial charge in [0.15, 0.2) is 5.78 Å². The van der Waals surface area contributed by atoms with Crippen molar-refractivity contribution in [3.05, 3.63) is 47.5 Å². The third-order valence-corrected chi connectivity index (χ3v) is 2.12. The van der Waals surface area contributed by atoms with E-state index in [4.69, 9.17) is 0 Å². The molecule has 0 spiro atoms. The molecule has 0 fully saturated rings. The van der Waals surface area contributed by atoms with E-state index in [0.29, 0.717) is 11.3 Å². The number of nitrogens with zero attached hydrogens (tertiary/aromatic N) is 1. The number of fused-ring (bicyclic) bond motifs is 1. The lowest BCUT2D eigenvalue weighted by Crippen LogP contribution is -2.11. The summed E-state index contributed by atoms with van der Waals surface area (Å²) in [6.07, 6.45) is 3.14. The first-order valence-corrected chi connectivity index (χ1v) is 4.56. The molecule has 0 saturated carbocycles. The van der Waals surface area contributed by atoms with E-state index < -0.39 is 0 Å². The summed E-state index contributed by atoms with van der Waals surface area (Å²) >= 11 is 0. The van der Waals surface area contributed by atoms with Gasteiger partial charge in [0, 0.05) is 11.1 Å². The molecule has 1 aliphatic carbocycles. The lowest BCUT2D eigenvalue weighted by molar-refractivity contribution is 0.104. The minimum absolute atomic E-state index is 0.00306. The van der Waals surface area contributed by atoms with E-state index in [1.807, 2.05) is 27.7 Å². The molecule has 0 radical (unpaired) electrons. The summed E-state index contributed by atoms with van der Waals surface area (Å²) in [5.41, 5.74) is 2.13. The van der Waals surface area contributed by atoms with E-state index in [9.17, 15) is 4.79 Å². The van der Waals surface area contributed by atoms with Crippen molar-refractivity contribution in [3.63, 3.8) is 0 Å². The quantitative estimate of drug-likeness (QED) is 0.519. The van der Waals surface area contributed by atoms with Crippen molar-refractivity contribution in [1.29, 1.82) is 0 Å². The van der Waals surface area contributed by atoms with Crippen LogP contribution in [0.25, 0.3) is 0 Å². The highest BCUT2D eigenvalue weighted by molar-refractivity contribution is 7.09. The van der Waals surface area contributed by atoms with Crippen LogP contribution < -0.4 is 0 Å². The minimum atomic E-state index is 0.00306. The van der Waals surface area contributed by atoms with Crippen LogP contribution in [0.15, 0.2) is 41.6 Å². The Bertz CT molecular complexity index is 438. The SMILES string of the molecule is O=C1C=CC(=NOP)c2ccccc21. The zero-order valence-electron chi connectivity index (χ0n) is 7.31. The van der Waals surface area contributed by atoms with E-state index in [0.717, 1.165) is 5.56 Å². The summed E-state index contributed by atoms with van der Waals surface area (Å²) < 4.78 is 4.62. The molecule has 1 unspecified atom stereocenters. The lowest BCUT2D eigenvalue weighted by Gasteiger charge is -2.10. The molecule has 0 amide bonds. The highest BCUT2D eigenvalue weighted by Gasteiger charge is 2.16. The van der Waals surface area contributed by atoms with Gasteiger partial charge in [0.1, 0.15) is 5.71 Å². The number of oxime groups is 1. The summed E-state index contributed by atoms with van der Waals surface area (Å²) in [6, 6.07) is 7.32. The first-order valence-electron chi connectivity index (χ1n) is 4.08. The Morgan fingerprint density at radius 1 is 1.14 bits per heavy atom. The number of benzene rings is 1. The van der Waals surface area contributed by atoms with Crippen LogP contribution in [0.4, 0.5) is 0 Å². The van der Waals surface area contributed by atoms with Gasteiger partial charge in [-0.1, -0.05) is 29.4 Å². The second-order valence-electron chi connectivity index (χ2n) is 2.83. The van der Waals surface area contributed by atoms with Crippen molar-refractivity contribution in [2.24, 2.45) is 5.16 Å². The average Bonchev–Trinajstić information content (AvgIpc) is 2.23. The van der Waals surface area contributed by atoms with Crippen molar-refractivity contribution < 1.29 is 9.42 Å². The molecule has 1 aliphatic rings. The second kappa shape index (κ2) is 3.72. The predicted octanol–water partition coefficient (Wildman–Crippen LogP) is 1.95. The maximum Gasteiger partial charge on any atom is 0.186 e. The van der Waals surface area contributed by atoms with Crippen molar-refractivity contribution in [3.8, 4) is 0 Å². The van der Waals surface area contributed by atoms with E-state index in [1.165, 1.54) is 6.08 Å². The Morgan fingerprint density at radius 3 is 2.57 bits per heavy atom. The molecule has 3 nitrogen and oxygen atoms in total. The molecule has 1 aromatic carbocycles. The normalized spacial score (nSPS) is 16.9. The summed E-state index contributed by atoms with van der Waals surface area (Å²) in [5.74, 6) is 0.00306. The number of hydrogen-bond acceptors (Lipinski definition) is 3. The zero-order chi connectivity index (χ0) is 9.97. The smallest absolute Gasteiger partial charge is 0.186 e. The average molecular weight is 205 g/mol. The minimum Gasteiger partial charge on any atom is -0.383 e. The van der Waals surface area contributed by atoms with Gasteiger partial charge < -0.3 is 4.62 Å². The first-order chi connectivity index (χ1) is 6.83. The second-order valence-corrected chi connectivity index (χ2v) is 3.04. The molecule has 4 heteroatoms. The topological polar surface area (TPSA) is 38.7 Å². The lowest BCUT2D eigenvalue weighted by atomic mass is 9.95. The number of hydrogen-bond donors (Lipinski definition) is 0. The van der Waals surface area contributed by atoms with Crippen molar-refractivity contribution in [2.45, 2.75) is 0 Å². The Balaban J connectivity index is 2.58. The maximum atomic E-state index is 11.4. The van der Waals surface area contributed by atoms with Gasteiger partial charge >= 0.3 is 0 Å². The van der Waals surface area contributed by atoms with Gasteiger partial charge in [0.05, 0.1) is 9.47 Å². The van der Waals surface area contributed by atoms with Crippen LogP contribution in [0.1, 0.15) is 15.9 Å². The molecule has 0 aliphatic heterocycles. The molecule has 2 rings (SSSR count). The fourth-order valence-corrected chi connectivity index (χ4v) is 1.51. The first kappa shape index (κ1) is 9.10. The Kier molecular flexibility index (Phi) is 2.42. The van der Waals surface area contributed by atoms with Gasteiger partial charge in [-0.25, -0.2) is 0 Å². The Morgan fingerprint density at radius 2 is 1.86 bits per heavy atom. The molecular formula is C10H8NO2P. The van der Waals surface area contributed by atoms with Crippen LogP contribution in [-0.2, 0) is 4.62 Å². The molecule has 1 atom stereocenters. The van der Waals surface area contributed by atoms with Crippen LogP contribution >= 0.6 is 9.47 Å². The number of carbonyl (C=O) groups excluding carboxylic acids is 1. The molecule has 14 heavy (non-hydrogen) atoms. The zero-order valence-corrected chi connectivity index (χ0v) is 8.46. The summed E-state index contributed by atoms with van der Waals surface area (Å²) in [7, 11) is 2.05. The summed E-state index contributed by atoms with van der Waals surface area (Å²) in [5, 5.41) is 3.80. The number of rotatable bonds is 1. The van der Waals surface area contributed by atoms with Gasteiger partial charge in [-0.05, 0) is 12.2 Å². The number of ketones is 1. The van der Waals surface area contributed by atoms with E-state index >= 15 is 0 Å². The molecule has 1 aromatic rings. The fraction of sp³-hybridized carbons (Fsp3) is 0. The maximum absolute atomic E-state index is 11.4. The highest BCUT2D eigenvalue weighted by atomic mass is 31.0. The summed E-state index contributed by atoms with van der Waals surface area (Å²) in [6.45, 7) is 0. The molecule has 0 saturated heterocycles.